The largest absolute Gasteiger partial charge is 0.282 e. The molecule has 1 aromatic heterocycles. The van der Waals surface area contributed by atoms with Crippen LogP contribution in [0.3, 0.4) is 0 Å². The second-order valence-corrected chi connectivity index (χ2v) is 6.67. The van der Waals surface area contributed by atoms with Gasteiger partial charge >= 0.3 is 0 Å². The van der Waals surface area contributed by atoms with Gasteiger partial charge in [-0.25, -0.2) is 4.98 Å². The van der Waals surface area contributed by atoms with Crippen LogP contribution in [-0.2, 0) is 0 Å². The van der Waals surface area contributed by atoms with Crippen molar-refractivity contribution in [1.29, 1.82) is 0 Å². The van der Waals surface area contributed by atoms with Crippen molar-refractivity contribution >= 4 is 61.0 Å². The second-order valence-electron chi connectivity index (χ2n) is 4.90. The Hall–Kier alpha value is -2.30. The van der Waals surface area contributed by atoms with Gasteiger partial charge < -0.3 is 0 Å². The number of aromatic nitrogens is 1. The van der Waals surface area contributed by atoms with Crippen LogP contribution in [-0.4, -0.2) is 15.8 Å². The molecule has 3 rings (SSSR count). The molecule has 134 valence electrons. The molecule has 10 heteroatoms. The molecule has 0 saturated heterocycles. The highest BCUT2D eigenvalue weighted by molar-refractivity contribution is 9.10. The molecule has 0 aliphatic carbocycles. The molecule has 0 saturated carbocycles. The molecule has 0 fully saturated rings. The van der Waals surface area contributed by atoms with Crippen molar-refractivity contribution in [3.8, 4) is 11.3 Å². The van der Waals surface area contributed by atoms with E-state index in [9.17, 15) is 14.9 Å². The molecule has 1 amide bonds. The maximum absolute atomic E-state index is 12.2. The summed E-state index contributed by atoms with van der Waals surface area (Å²) in [5.74, 6) is -0.604. The van der Waals surface area contributed by atoms with Crippen molar-refractivity contribution in [2.45, 2.75) is 0 Å². The summed E-state index contributed by atoms with van der Waals surface area (Å²) in [6.45, 7) is 0. The average Bonchev–Trinajstić information content (AvgIpc) is 3.09. The normalized spacial score (nSPS) is 9.88. The summed E-state index contributed by atoms with van der Waals surface area (Å²) in [6.07, 6.45) is 0. The van der Waals surface area contributed by atoms with E-state index in [1.807, 2.05) is 29.6 Å². The minimum absolute atomic E-state index is 0. The maximum Gasteiger partial charge on any atom is 0.282 e. The highest BCUT2D eigenvalue weighted by Gasteiger charge is 2.19. The number of nitrogens with one attached hydrogen (secondary N) is 2. The van der Waals surface area contributed by atoms with Crippen LogP contribution in [0.15, 0.2) is 58.4 Å². The van der Waals surface area contributed by atoms with Gasteiger partial charge in [-0.15, -0.1) is 28.3 Å². The third kappa shape index (κ3) is 4.65. The monoisotopic (exact) mass is 498 g/mol. The lowest BCUT2D eigenvalue weighted by Crippen LogP contribution is -2.29. The third-order valence-corrected chi connectivity index (χ3v) is 4.56. The van der Waals surface area contributed by atoms with Gasteiger partial charge in [-0.05, 0) is 18.2 Å². The summed E-state index contributed by atoms with van der Waals surface area (Å²) < 4.78 is 0.974. The number of amides is 1. The lowest BCUT2D eigenvalue weighted by molar-refractivity contribution is -0.385. The number of nitro groups is 1. The van der Waals surface area contributed by atoms with Gasteiger partial charge in [0.05, 0.1) is 10.6 Å². The van der Waals surface area contributed by atoms with Crippen LogP contribution in [0, 0.1) is 10.1 Å². The van der Waals surface area contributed by atoms with Crippen molar-refractivity contribution in [3.05, 3.63) is 74.1 Å². The number of para-hydroxylation sites is 1. The molecule has 2 N–H and O–H groups in total. The number of carbonyl (C=O) groups excluding carboxylic acids is 1. The first-order chi connectivity index (χ1) is 12.0. The first-order valence-corrected chi connectivity index (χ1v) is 8.73. The molecular weight excluding hydrogens is 488 g/mol. The number of benzene rings is 2. The van der Waals surface area contributed by atoms with Gasteiger partial charge in [0.15, 0.2) is 0 Å². The number of nitro benzene ring substituents is 1. The quantitative estimate of drug-likeness (QED) is 0.387. The smallest absolute Gasteiger partial charge is 0.273 e. The molecule has 0 unspecified atom stereocenters. The molecule has 0 aliphatic rings. The van der Waals surface area contributed by atoms with Gasteiger partial charge in [0.1, 0.15) is 5.56 Å². The van der Waals surface area contributed by atoms with Crippen LogP contribution in [0.2, 0.25) is 0 Å². The van der Waals surface area contributed by atoms with Crippen LogP contribution < -0.4 is 10.9 Å². The van der Waals surface area contributed by atoms with Crippen LogP contribution in [0.1, 0.15) is 10.4 Å². The Kier molecular flexibility index (Phi) is 6.83. The van der Waals surface area contributed by atoms with Gasteiger partial charge in [-0.3, -0.25) is 25.8 Å². The molecule has 26 heavy (non-hydrogen) atoms. The molecule has 0 radical (unpaired) electrons. The molecule has 0 bridgehead atoms. The zero-order chi connectivity index (χ0) is 17.8. The second kappa shape index (κ2) is 8.88. The lowest BCUT2D eigenvalue weighted by atomic mass is 10.2. The Bertz CT molecular complexity index is 931. The fourth-order valence-corrected chi connectivity index (χ4v) is 3.02. The van der Waals surface area contributed by atoms with Crippen LogP contribution >= 0.6 is 44.2 Å². The highest BCUT2D eigenvalue weighted by Crippen LogP contribution is 2.26. The first-order valence-electron chi connectivity index (χ1n) is 7.06. The zero-order valence-corrected chi connectivity index (χ0v) is 17.1. The van der Waals surface area contributed by atoms with Crippen molar-refractivity contribution in [1.82, 2.24) is 10.4 Å². The SMILES string of the molecule is Br.O=C(NNc1nc(-c2ccc(Br)cc2)cs1)c1ccccc1[N+](=O)[O-]. The predicted octanol–water partition coefficient (Wildman–Crippen LogP) is 4.82. The standard InChI is InChI=1S/C16H11BrN4O3S.BrH/c17-11-7-5-10(6-8-11)13-9-25-16(18-13)20-19-15(22)12-3-1-2-4-14(12)21(23)24;/h1-9H,(H,18,20)(H,19,22);1H. The molecular formula is C16H12Br2N4O3S. The predicted molar refractivity (Wildman–Crippen MR) is 110 cm³/mol. The number of hydrazine groups is 1. The molecule has 3 aromatic rings. The molecule has 0 spiro atoms. The Balaban J connectivity index is 0.00000243. The highest BCUT2D eigenvalue weighted by atomic mass is 79.9. The Morgan fingerprint density at radius 3 is 2.54 bits per heavy atom. The first kappa shape index (κ1) is 20.0. The molecule has 2 aromatic carbocycles. The third-order valence-electron chi connectivity index (χ3n) is 3.27. The van der Waals surface area contributed by atoms with E-state index in [1.165, 1.54) is 29.5 Å². The molecule has 1 heterocycles. The van der Waals surface area contributed by atoms with E-state index < -0.39 is 10.8 Å². The summed E-state index contributed by atoms with van der Waals surface area (Å²) >= 11 is 4.69. The minimum atomic E-state index is -0.604. The Morgan fingerprint density at radius 2 is 1.85 bits per heavy atom. The van der Waals surface area contributed by atoms with E-state index in [0.29, 0.717) is 5.13 Å². The number of anilines is 1. The number of halogens is 2. The zero-order valence-electron chi connectivity index (χ0n) is 13.0. The summed E-state index contributed by atoms with van der Waals surface area (Å²) in [4.78, 5) is 26.9. The van der Waals surface area contributed by atoms with Gasteiger partial charge in [-0.1, -0.05) is 40.2 Å². The minimum Gasteiger partial charge on any atom is -0.273 e. The van der Waals surface area contributed by atoms with Gasteiger partial charge in [-0.2, -0.15) is 0 Å². The van der Waals surface area contributed by atoms with E-state index in [1.54, 1.807) is 6.07 Å². The van der Waals surface area contributed by atoms with Gasteiger partial charge in [0.25, 0.3) is 11.6 Å². The molecule has 0 atom stereocenters. The van der Waals surface area contributed by atoms with Crippen molar-refractivity contribution in [2.75, 3.05) is 5.43 Å². The summed E-state index contributed by atoms with van der Waals surface area (Å²) in [6, 6.07) is 13.4. The van der Waals surface area contributed by atoms with Crippen molar-refractivity contribution in [2.24, 2.45) is 0 Å². The van der Waals surface area contributed by atoms with Crippen molar-refractivity contribution in [3.63, 3.8) is 0 Å². The fraction of sp³-hybridized carbons (Fsp3) is 0. The van der Waals surface area contributed by atoms with E-state index in [-0.39, 0.29) is 28.2 Å². The number of nitrogens with zero attached hydrogens (tertiary/aromatic N) is 2. The Morgan fingerprint density at radius 1 is 1.15 bits per heavy atom. The van der Waals surface area contributed by atoms with Crippen LogP contribution in [0.5, 0.6) is 0 Å². The van der Waals surface area contributed by atoms with Gasteiger partial charge in [0, 0.05) is 21.5 Å². The Labute approximate surface area is 171 Å². The number of rotatable bonds is 5. The van der Waals surface area contributed by atoms with Crippen LogP contribution in [0.4, 0.5) is 10.8 Å². The topological polar surface area (TPSA) is 97.2 Å². The van der Waals surface area contributed by atoms with E-state index in [0.717, 1.165) is 15.7 Å². The van der Waals surface area contributed by atoms with E-state index in [2.05, 4.69) is 31.8 Å². The van der Waals surface area contributed by atoms with Gasteiger partial charge in [0.2, 0.25) is 5.13 Å². The number of thiazole rings is 1. The number of hydrogen-bond acceptors (Lipinski definition) is 6. The average molecular weight is 500 g/mol. The summed E-state index contributed by atoms with van der Waals surface area (Å²) in [5.41, 5.74) is 6.55. The van der Waals surface area contributed by atoms with E-state index in [4.69, 9.17) is 0 Å². The molecule has 0 aliphatic heterocycles. The number of hydrogen-bond donors (Lipinski definition) is 2. The van der Waals surface area contributed by atoms with Crippen LogP contribution in [0.25, 0.3) is 11.3 Å². The van der Waals surface area contributed by atoms with Crippen molar-refractivity contribution < 1.29 is 9.72 Å². The summed E-state index contributed by atoms with van der Waals surface area (Å²) in [5, 5.41) is 13.3. The molecule has 7 nitrogen and oxygen atoms in total. The fourth-order valence-electron chi connectivity index (χ4n) is 2.09. The van der Waals surface area contributed by atoms with E-state index >= 15 is 0 Å². The number of carbonyl (C=O) groups is 1. The maximum atomic E-state index is 12.2. The lowest BCUT2D eigenvalue weighted by Gasteiger charge is -2.06. The summed E-state index contributed by atoms with van der Waals surface area (Å²) in [7, 11) is 0.